The fourth-order valence-electron chi connectivity index (χ4n) is 14.6. The fraction of sp³-hybridized carbons (Fsp3) is 0.597. The van der Waals surface area contributed by atoms with E-state index in [-0.39, 0.29) is 181 Å². The number of nitrogens with one attached hydrogen (secondary N) is 27. The van der Waals surface area contributed by atoms with Gasteiger partial charge in [0.05, 0.1) is 13.0 Å². The van der Waals surface area contributed by atoms with Gasteiger partial charge in [-0.25, -0.2) is 0 Å². The molecule has 0 saturated carbocycles. The molecule has 0 bridgehead atoms. The summed E-state index contributed by atoms with van der Waals surface area (Å²) in [6, 6.07) is -13.8. The summed E-state index contributed by atoms with van der Waals surface area (Å²) < 4.78 is 0. The molecule has 16 amide bonds. The predicted octanol–water partition coefficient (Wildman–Crippen LogP) is -11.8. The van der Waals surface area contributed by atoms with Gasteiger partial charge < -0.3 is 167 Å². The summed E-state index contributed by atoms with van der Waals surface area (Å²) in [7, 11) is 0. The number of benzene rings is 1. The molecule has 0 spiro atoms. The number of nitrogens with zero attached hydrogens (tertiary/aromatic N) is 2. The molecule has 0 radical (unpaired) electrons. The lowest BCUT2D eigenvalue weighted by Crippen LogP contribution is -2.61. The standard InChI is InChI=1S/C77H130N38O16/c1-39-58(119)102-38-57(118)104-43(15-4-26-94-71(80)81)60(121)110-49(24-25-55(78)116)65(126)107-48(20-9-31-99-76(90)91)64(125)112-52(36-56(79)117)67(128)109-47(19-8-30-98-75(88)89)63(124)111-50(21-10-32-100-77(92)93)69(130)115-34-12-23-54(115)70(131)114-33-11-22-53(114)68(129)113-51(35-40-37-101-42-14-3-2-13-41(40)42)66(127)108-46(18-7-29-97-74(86)87)62(123)106-45(17-6-28-96-73(84)85)61(122)105-44(59(120)103-39)16-5-27-95-72(82)83/h2-3,13-14,37,39,43-54,101H,4-12,15-36,38H2,1H3,(H2,78,116)(H2,79,117)(H,102,119)(H,103,120)(H,104,118)(H,105,122)(H,106,123)(H,107,126)(H,108,127)(H,109,128)(H,110,121)(H,111,124)(H,112,125)(H,113,129)(H4,80,81,94)(H4,82,83,95)(H4,84,85,96)(H4,86,87,97)(H4,88,89,98)(H4,90,91,99)(H4,92,93,100)/t39-,43+,44-,45-,46-,47-,48-,49-,50-,51-,52-,53+,54-/m0/s1. The van der Waals surface area contributed by atoms with Crippen molar-refractivity contribution >= 4 is 147 Å². The lowest BCUT2D eigenvalue weighted by Gasteiger charge is -2.34. The minimum absolute atomic E-state index is 0.00775. The molecule has 0 aliphatic carbocycles. The van der Waals surface area contributed by atoms with Crippen molar-refractivity contribution in [1.29, 1.82) is 37.9 Å². The molecule has 3 aliphatic heterocycles. The van der Waals surface area contributed by atoms with E-state index in [1.54, 1.807) is 30.5 Å². The molecule has 724 valence electrons. The first-order valence-corrected chi connectivity index (χ1v) is 43.0. The van der Waals surface area contributed by atoms with E-state index in [1.165, 1.54) is 16.7 Å². The highest BCUT2D eigenvalue weighted by atomic mass is 16.2. The zero-order valence-corrected chi connectivity index (χ0v) is 73.1. The van der Waals surface area contributed by atoms with Gasteiger partial charge in [0, 0.05) is 88.8 Å². The number of H-pyrrole nitrogens is 1. The summed E-state index contributed by atoms with van der Waals surface area (Å²) in [6.07, 6.45) is -2.31. The number of guanidine groups is 7. The Bertz CT molecular complexity index is 4410. The van der Waals surface area contributed by atoms with Gasteiger partial charge in [0.25, 0.3) is 0 Å². The lowest BCUT2D eigenvalue weighted by molar-refractivity contribution is -0.148. The molecule has 13 atom stereocenters. The second-order valence-corrected chi connectivity index (χ2v) is 31.6. The van der Waals surface area contributed by atoms with Gasteiger partial charge in [-0.15, -0.1) is 0 Å². The number of carbonyl (C=O) groups excluding carboxylic acids is 16. The molecule has 54 heteroatoms. The normalized spacial score (nSPS) is 23.1. The largest absolute Gasteiger partial charge is 0.370 e. The summed E-state index contributed by atoms with van der Waals surface area (Å²) in [5.74, 6) is -19.6. The van der Waals surface area contributed by atoms with Crippen LogP contribution in [0.3, 0.4) is 0 Å². The molecule has 2 aromatic rings. The summed E-state index contributed by atoms with van der Waals surface area (Å²) in [4.78, 5) is 239. The minimum Gasteiger partial charge on any atom is -0.370 e. The molecule has 0 unspecified atom stereocenters. The first kappa shape index (κ1) is 107. The molecule has 131 heavy (non-hydrogen) atoms. The lowest BCUT2D eigenvalue weighted by atomic mass is 10.0. The number of para-hydroxylation sites is 1. The first-order valence-electron chi connectivity index (χ1n) is 43.0. The fourth-order valence-corrected chi connectivity index (χ4v) is 14.6. The number of primary amides is 2. The van der Waals surface area contributed by atoms with E-state index in [0.717, 1.165) is 0 Å². The van der Waals surface area contributed by atoms with Crippen molar-refractivity contribution in [2.75, 3.05) is 65.4 Å². The highest BCUT2D eigenvalue weighted by Crippen LogP contribution is 2.28. The van der Waals surface area contributed by atoms with Crippen LogP contribution < -0.4 is 153 Å². The molecule has 3 aliphatic rings. The average molecular weight is 1840 g/mol. The van der Waals surface area contributed by atoms with E-state index in [2.05, 4.69) is 106 Å². The third-order valence-corrected chi connectivity index (χ3v) is 21.2. The number of fused-ring (bicyclic) bond motifs is 3. The van der Waals surface area contributed by atoms with Crippen LogP contribution in [0.4, 0.5) is 0 Å². The number of aromatic amines is 1. The predicted molar refractivity (Wildman–Crippen MR) is 478 cm³/mol. The molecule has 5 rings (SSSR count). The van der Waals surface area contributed by atoms with Crippen LogP contribution in [-0.2, 0) is 83.1 Å². The van der Waals surface area contributed by atoms with Crippen molar-refractivity contribution in [2.24, 2.45) is 51.6 Å². The minimum atomic E-state index is -1.99. The number of nitrogens with two attached hydrogens (primary N) is 9. The van der Waals surface area contributed by atoms with E-state index in [1.807, 2.05) is 0 Å². The van der Waals surface area contributed by atoms with Gasteiger partial charge in [-0.3, -0.25) is 115 Å². The summed E-state index contributed by atoms with van der Waals surface area (Å²) in [5, 5.41) is 104. The van der Waals surface area contributed by atoms with Gasteiger partial charge in [-0.1, -0.05) is 18.2 Å². The van der Waals surface area contributed by atoms with Gasteiger partial charge in [-0.05, 0) is 141 Å². The van der Waals surface area contributed by atoms with Gasteiger partial charge >= 0.3 is 0 Å². The smallest absolute Gasteiger partial charge is 0.246 e. The number of aromatic nitrogens is 1. The van der Waals surface area contributed by atoms with Crippen LogP contribution in [0.2, 0.25) is 0 Å². The Morgan fingerprint density at radius 2 is 0.672 bits per heavy atom. The van der Waals surface area contributed by atoms with Crippen molar-refractivity contribution in [2.45, 2.75) is 227 Å². The Hall–Kier alpha value is -14.8. The molecular weight excluding hydrogens is 1710 g/mol. The molecule has 3 saturated heterocycles. The number of hydrogen-bond donors (Lipinski definition) is 36. The highest BCUT2D eigenvalue weighted by Gasteiger charge is 2.46. The molecule has 45 N–H and O–H groups in total. The van der Waals surface area contributed by atoms with Crippen molar-refractivity contribution < 1.29 is 76.7 Å². The number of carbonyl (C=O) groups is 16. The maximum atomic E-state index is 15.4. The Morgan fingerprint density at radius 3 is 1.05 bits per heavy atom. The summed E-state index contributed by atoms with van der Waals surface area (Å²) in [6.45, 7) is -0.209. The summed E-state index contributed by atoms with van der Waals surface area (Å²) in [5.41, 5.74) is 51.4. The third kappa shape index (κ3) is 38.3. The highest BCUT2D eigenvalue weighted by molar-refractivity contribution is 6.02. The number of amides is 16. The number of rotatable bonds is 35. The van der Waals surface area contributed by atoms with Crippen LogP contribution in [0.25, 0.3) is 10.9 Å². The van der Waals surface area contributed by atoms with E-state index >= 15 is 28.8 Å². The van der Waals surface area contributed by atoms with Crippen molar-refractivity contribution in [1.82, 2.24) is 116 Å². The Kier molecular flexibility index (Phi) is 44.8. The second-order valence-electron chi connectivity index (χ2n) is 31.6. The van der Waals surface area contributed by atoms with Crippen LogP contribution in [-0.4, -0.2) is 295 Å². The molecule has 1 aromatic heterocycles. The zero-order valence-electron chi connectivity index (χ0n) is 73.1. The van der Waals surface area contributed by atoms with Crippen LogP contribution in [0, 0.1) is 37.9 Å². The number of hydrogen-bond acceptors (Lipinski definition) is 23. The van der Waals surface area contributed by atoms with Gasteiger partial charge in [-0.2, -0.15) is 0 Å². The monoisotopic (exact) mass is 1840 g/mol. The topological polar surface area (TPSA) is 925 Å². The van der Waals surface area contributed by atoms with Crippen molar-refractivity contribution in [3.05, 3.63) is 36.0 Å². The van der Waals surface area contributed by atoms with Crippen LogP contribution in [0.1, 0.15) is 147 Å². The van der Waals surface area contributed by atoms with Gasteiger partial charge in [0.2, 0.25) is 94.5 Å². The van der Waals surface area contributed by atoms with Crippen molar-refractivity contribution in [3.63, 3.8) is 0 Å². The molecule has 4 heterocycles. The Balaban J connectivity index is 1.69. The van der Waals surface area contributed by atoms with E-state index in [0.29, 0.717) is 16.5 Å². The zero-order chi connectivity index (χ0) is 97.0. The van der Waals surface area contributed by atoms with E-state index < -0.39 is 241 Å². The summed E-state index contributed by atoms with van der Waals surface area (Å²) >= 11 is 0. The van der Waals surface area contributed by atoms with Crippen LogP contribution >= 0.6 is 0 Å². The average Bonchev–Trinajstić information content (AvgIpc) is 1.65. The van der Waals surface area contributed by atoms with E-state index in [4.69, 9.17) is 89.5 Å². The van der Waals surface area contributed by atoms with Gasteiger partial charge in [0.15, 0.2) is 41.7 Å². The maximum Gasteiger partial charge on any atom is 0.246 e. The Morgan fingerprint density at radius 1 is 0.359 bits per heavy atom. The van der Waals surface area contributed by atoms with Crippen LogP contribution in [0.15, 0.2) is 30.5 Å². The first-order chi connectivity index (χ1) is 62.1. The van der Waals surface area contributed by atoms with E-state index in [9.17, 15) is 47.9 Å². The molecule has 1 aromatic carbocycles. The second kappa shape index (κ2) is 55.0. The molecule has 54 nitrogen and oxygen atoms in total. The third-order valence-electron chi connectivity index (χ3n) is 21.2. The quantitative estimate of drug-likeness (QED) is 0.0173. The molecular formula is C77H130N38O16. The van der Waals surface area contributed by atoms with Crippen LogP contribution in [0.5, 0.6) is 0 Å². The van der Waals surface area contributed by atoms with Gasteiger partial charge in [0.1, 0.15) is 78.5 Å². The van der Waals surface area contributed by atoms with Crippen molar-refractivity contribution in [3.8, 4) is 0 Å². The maximum absolute atomic E-state index is 15.4. The SMILES string of the molecule is C[C@@H]1NC(=O)[C@H](CCCNC(=N)N)NC(=O)[C@H](CCCNC(=N)N)NC(=O)[C@H](CCCNC(=N)N)NC(=O)[C@H](Cc2c[nH]c3ccccc23)NC(=O)[C@H]2CCCN2C(=O)[C@@H]2CCCN2C(=O)[C@H](CCCNC(=N)N)NC(=O)[C@H](CCCNC(=N)N)NC(=O)[C@H](CC(N)=O)NC(=O)[C@H](CCCNC(=N)N)NC(=O)[C@H](CCC(N)=O)NC(=O)[C@@H](CCCNC(=N)N)NC(=O)CNC1=O. The molecule has 3 fully saturated rings. The Labute approximate surface area is 754 Å².